The van der Waals surface area contributed by atoms with Gasteiger partial charge in [0, 0.05) is 19.4 Å². The van der Waals surface area contributed by atoms with Crippen molar-refractivity contribution in [3.63, 3.8) is 0 Å². The molecule has 0 rings (SSSR count). The fraction of sp³-hybridized carbons (Fsp3) is 0.500. The third-order valence-corrected chi connectivity index (χ3v) is 1.28. The number of carbonyl (C=O) groups excluding carboxylic acids is 3. The van der Waals surface area contributed by atoms with Crippen molar-refractivity contribution in [2.24, 2.45) is 0 Å². The van der Waals surface area contributed by atoms with Crippen molar-refractivity contribution in [1.82, 2.24) is 0 Å². The molecule has 0 atom stereocenters. The molecule has 0 heterocycles. The summed E-state index contributed by atoms with van der Waals surface area (Å²) in [7, 11) is 0. The molecule has 0 aromatic carbocycles. The average Bonchev–Trinajstić information content (AvgIpc) is 1.98. The fourth-order valence-corrected chi connectivity index (χ4v) is 0.840. The largest absolute Gasteiger partial charge is 0.420 e. The van der Waals surface area contributed by atoms with Crippen LogP contribution in [0.2, 0.25) is 0 Å². The first-order valence-electron chi connectivity index (χ1n) is 4.44. The van der Waals surface area contributed by atoms with Gasteiger partial charge < -0.3 is 14.2 Å². The molecular formula is C10H14O6. The Morgan fingerprint density at radius 1 is 0.938 bits per heavy atom. The topological polar surface area (TPSA) is 78.9 Å². The van der Waals surface area contributed by atoms with E-state index in [0.29, 0.717) is 0 Å². The van der Waals surface area contributed by atoms with Crippen molar-refractivity contribution < 1.29 is 28.6 Å². The van der Waals surface area contributed by atoms with E-state index in [2.05, 4.69) is 16.1 Å². The van der Waals surface area contributed by atoms with Gasteiger partial charge in [-0.2, -0.15) is 0 Å². The molecule has 0 bridgehead atoms. The van der Waals surface area contributed by atoms with Gasteiger partial charge in [-0.15, -0.1) is 0 Å². The highest BCUT2D eigenvalue weighted by molar-refractivity contribution is 5.87. The summed E-state index contributed by atoms with van der Waals surface area (Å²) in [5.74, 6) is -4.39. The molecule has 0 fully saturated rings. The van der Waals surface area contributed by atoms with Crippen molar-refractivity contribution in [2.75, 3.05) is 0 Å². The van der Waals surface area contributed by atoms with Crippen LogP contribution in [0, 0.1) is 0 Å². The minimum Gasteiger partial charge on any atom is -0.388 e. The van der Waals surface area contributed by atoms with Gasteiger partial charge >= 0.3 is 23.9 Å². The van der Waals surface area contributed by atoms with Crippen molar-refractivity contribution in [2.45, 2.75) is 33.7 Å². The molecule has 0 aromatic rings. The number of esters is 3. The Balaban J connectivity index is 4.78. The van der Waals surface area contributed by atoms with Crippen LogP contribution in [0.15, 0.2) is 12.2 Å². The number of hydrogen-bond acceptors (Lipinski definition) is 6. The molecule has 0 saturated heterocycles. The second-order valence-electron chi connectivity index (χ2n) is 3.22. The molecule has 6 heteroatoms. The van der Waals surface area contributed by atoms with Crippen molar-refractivity contribution in [1.29, 1.82) is 0 Å². The van der Waals surface area contributed by atoms with Crippen LogP contribution in [0.25, 0.3) is 0 Å². The van der Waals surface area contributed by atoms with E-state index in [-0.39, 0.29) is 5.57 Å². The van der Waals surface area contributed by atoms with Gasteiger partial charge in [0.25, 0.3) is 0 Å². The average molecular weight is 230 g/mol. The maximum atomic E-state index is 11.2. The van der Waals surface area contributed by atoms with E-state index in [1.54, 1.807) is 0 Å². The van der Waals surface area contributed by atoms with Gasteiger partial charge in [-0.25, -0.2) is 4.79 Å². The second-order valence-corrected chi connectivity index (χ2v) is 3.22. The lowest BCUT2D eigenvalue weighted by atomic mass is 10.4. The number of rotatable bonds is 4. The summed E-state index contributed by atoms with van der Waals surface area (Å²) in [5, 5.41) is 0. The molecular weight excluding hydrogens is 216 g/mol. The van der Waals surface area contributed by atoms with E-state index in [1.165, 1.54) is 6.92 Å². The van der Waals surface area contributed by atoms with Gasteiger partial charge in [0.2, 0.25) is 0 Å². The molecule has 90 valence electrons. The first-order valence-corrected chi connectivity index (χ1v) is 4.44. The minimum absolute atomic E-state index is 0.0885. The Hall–Kier alpha value is -1.85. The van der Waals surface area contributed by atoms with Gasteiger partial charge in [0.05, 0.1) is 6.92 Å². The zero-order valence-corrected chi connectivity index (χ0v) is 9.66. The zero-order valence-electron chi connectivity index (χ0n) is 9.66. The minimum atomic E-state index is -2.06. The molecule has 0 amide bonds. The van der Waals surface area contributed by atoms with Gasteiger partial charge in [0.1, 0.15) is 0 Å². The molecule has 0 aliphatic carbocycles. The summed E-state index contributed by atoms with van der Waals surface area (Å²) in [6, 6.07) is 0. The Kier molecular flexibility index (Phi) is 4.68. The Bertz CT molecular complexity index is 314. The SMILES string of the molecule is C=C(C)C(=O)OC(C)(OC(C)=O)OC(C)=O. The first kappa shape index (κ1) is 14.2. The van der Waals surface area contributed by atoms with Gasteiger partial charge in [0.15, 0.2) is 0 Å². The van der Waals surface area contributed by atoms with Crippen LogP contribution in [-0.4, -0.2) is 23.9 Å². The smallest absolute Gasteiger partial charge is 0.388 e. The monoisotopic (exact) mass is 230 g/mol. The molecule has 0 saturated carbocycles. The van der Waals surface area contributed by atoms with Gasteiger partial charge in [-0.05, 0) is 6.92 Å². The lowest BCUT2D eigenvalue weighted by Gasteiger charge is -2.26. The maximum Gasteiger partial charge on any atom is 0.420 e. The predicted molar refractivity (Wildman–Crippen MR) is 52.8 cm³/mol. The van der Waals surface area contributed by atoms with Crippen LogP contribution in [-0.2, 0) is 28.6 Å². The van der Waals surface area contributed by atoms with Crippen LogP contribution < -0.4 is 0 Å². The van der Waals surface area contributed by atoms with Crippen LogP contribution in [0.5, 0.6) is 0 Å². The third-order valence-electron chi connectivity index (χ3n) is 1.28. The Morgan fingerprint density at radius 2 is 1.31 bits per heavy atom. The molecule has 0 aliphatic rings. The van der Waals surface area contributed by atoms with E-state index < -0.39 is 23.9 Å². The van der Waals surface area contributed by atoms with E-state index in [9.17, 15) is 14.4 Å². The summed E-state index contributed by atoms with van der Waals surface area (Å²) in [4.78, 5) is 32.7. The first-order chi connectivity index (χ1) is 7.16. The van der Waals surface area contributed by atoms with Crippen molar-refractivity contribution in [3.05, 3.63) is 12.2 Å². The summed E-state index contributed by atoms with van der Waals surface area (Å²) < 4.78 is 13.9. The standard InChI is InChI=1S/C10H14O6/c1-6(2)9(13)16-10(5,14-7(3)11)15-8(4)12/h1H2,2-5H3. The summed E-state index contributed by atoms with van der Waals surface area (Å²) in [6.45, 7) is 8.07. The quantitative estimate of drug-likeness (QED) is 0.405. The summed E-state index contributed by atoms with van der Waals surface area (Å²) in [6.07, 6.45) is 0. The predicted octanol–water partition coefficient (Wildman–Crippen LogP) is 0.906. The lowest BCUT2D eigenvalue weighted by Crippen LogP contribution is -2.40. The fourth-order valence-electron chi connectivity index (χ4n) is 0.840. The van der Waals surface area contributed by atoms with Crippen LogP contribution in [0.3, 0.4) is 0 Å². The number of carbonyl (C=O) groups is 3. The molecule has 0 aromatic heterocycles. The maximum absolute atomic E-state index is 11.2. The van der Waals surface area contributed by atoms with Crippen molar-refractivity contribution >= 4 is 17.9 Å². The number of hydrogen-bond donors (Lipinski definition) is 0. The highest BCUT2D eigenvalue weighted by atomic mass is 16.9. The van der Waals surface area contributed by atoms with Crippen LogP contribution >= 0.6 is 0 Å². The molecule has 0 aliphatic heterocycles. The lowest BCUT2D eigenvalue weighted by molar-refractivity contribution is -0.317. The van der Waals surface area contributed by atoms with Crippen LogP contribution in [0.1, 0.15) is 27.7 Å². The van der Waals surface area contributed by atoms with Crippen molar-refractivity contribution in [3.8, 4) is 0 Å². The molecule has 0 unspecified atom stereocenters. The molecule has 6 nitrogen and oxygen atoms in total. The van der Waals surface area contributed by atoms with Crippen LogP contribution in [0.4, 0.5) is 0 Å². The molecule has 0 spiro atoms. The van der Waals surface area contributed by atoms with Gasteiger partial charge in [-0.3, -0.25) is 9.59 Å². The zero-order chi connectivity index (χ0) is 12.9. The summed E-state index contributed by atoms with van der Waals surface area (Å²) >= 11 is 0. The molecule has 0 radical (unpaired) electrons. The molecule has 16 heavy (non-hydrogen) atoms. The summed E-state index contributed by atoms with van der Waals surface area (Å²) in [5.41, 5.74) is 0.0885. The highest BCUT2D eigenvalue weighted by Crippen LogP contribution is 2.17. The highest BCUT2D eigenvalue weighted by Gasteiger charge is 2.36. The van der Waals surface area contributed by atoms with E-state index in [1.807, 2.05) is 0 Å². The Morgan fingerprint density at radius 3 is 1.56 bits per heavy atom. The number of ether oxygens (including phenoxy) is 3. The van der Waals surface area contributed by atoms with Gasteiger partial charge in [-0.1, -0.05) is 6.58 Å². The van der Waals surface area contributed by atoms with E-state index in [4.69, 9.17) is 4.74 Å². The Labute approximate surface area is 93.2 Å². The van der Waals surface area contributed by atoms with E-state index in [0.717, 1.165) is 20.8 Å². The normalized spacial score (nSPS) is 10.2. The molecule has 0 N–H and O–H groups in total. The second kappa shape index (κ2) is 5.29. The third kappa shape index (κ3) is 5.14. The van der Waals surface area contributed by atoms with E-state index >= 15 is 0 Å².